The second-order valence-corrected chi connectivity index (χ2v) is 6.64. The summed E-state index contributed by atoms with van der Waals surface area (Å²) in [6.07, 6.45) is 1.61. The molecule has 2 heterocycles. The molecule has 3 rings (SSSR count). The first kappa shape index (κ1) is 17.5. The second kappa shape index (κ2) is 7.31. The number of anilines is 1. The fourth-order valence-electron chi connectivity index (χ4n) is 3.18. The van der Waals surface area contributed by atoms with Crippen molar-refractivity contribution in [3.8, 4) is 0 Å². The number of likely N-dealkylation sites (tertiary alicyclic amines) is 1. The lowest BCUT2D eigenvalue weighted by Gasteiger charge is -2.32. The Bertz CT molecular complexity index is 778. The minimum atomic E-state index is -0.506. The van der Waals surface area contributed by atoms with Gasteiger partial charge in [0.05, 0.1) is 5.69 Å². The van der Waals surface area contributed by atoms with Crippen LogP contribution in [0.5, 0.6) is 0 Å². The summed E-state index contributed by atoms with van der Waals surface area (Å²) in [6.45, 7) is 1.69. The number of hydrogen-bond donors (Lipinski definition) is 1. The van der Waals surface area contributed by atoms with Crippen molar-refractivity contribution in [2.45, 2.75) is 25.3 Å². The zero-order valence-corrected chi connectivity index (χ0v) is 14.4. The van der Waals surface area contributed by atoms with E-state index in [0.717, 1.165) is 18.5 Å². The summed E-state index contributed by atoms with van der Waals surface area (Å²) < 4.78 is 27.6. The highest BCUT2D eigenvalue weighted by Crippen LogP contribution is 2.28. The highest BCUT2D eigenvalue weighted by atomic mass is 19.1. The van der Waals surface area contributed by atoms with Crippen molar-refractivity contribution in [1.82, 2.24) is 14.9 Å². The third kappa shape index (κ3) is 4.04. The molecule has 0 spiro atoms. The van der Waals surface area contributed by atoms with E-state index in [-0.39, 0.29) is 23.6 Å². The van der Waals surface area contributed by atoms with Crippen molar-refractivity contribution in [3.05, 3.63) is 57.5 Å². The zero-order chi connectivity index (χ0) is 18.0. The summed E-state index contributed by atoms with van der Waals surface area (Å²) in [5, 5.41) is 0. The molecular weight excluding hydrogens is 326 g/mol. The van der Waals surface area contributed by atoms with E-state index in [1.807, 2.05) is 19.0 Å². The normalized spacial score (nSPS) is 16.2. The van der Waals surface area contributed by atoms with Gasteiger partial charge in [0.15, 0.2) is 0 Å². The molecule has 1 aliphatic heterocycles. The summed E-state index contributed by atoms with van der Waals surface area (Å²) in [5.41, 5.74) is 0.735. The van der Waals surface area contributed by atoms with Gasteiger partial charge in [0, 0.05) is 38.2 Å². The van der Waals surface area contributed by atoms with E-state index < -0.39 is 11.6 Å². The Morgan fingerprint density at radius 1 is 1.24 bits per heavy atom. The lowest BCUT2D eigenvalue weighted by atomic mass is 9.93. The van der Waals surface area contributed by atoms with Gasteiger partial charge in [0.1, 0.15) is 11.6 Å². The Morgan fingerprint density at radius 2 is 1.88 bits per heavy atom. The molecule has 0 atom stereocenters. The number of rotatable bonds is 4. The highest BCUT2D eigenvalue weighted by molar-refractivity contribution is 5.28. The monoisotopic (exact) mass is 348 g/mol. The minimum absolute atomic E-state index is 0.116. The fourth-order valence-corrected chi connectivity index (χ4v) is 3.18. The molecule has 25 heavy (non-hydrogen) atoms. The molecule has 5 nitrogen and oxygen atoms in total. The molecule has 1 fully saturated rings. The second-order valence-electron chi connectivity index (χ2n) is 6.64. The molecule has 0 aliphatic carbocycles. The van der Waals surface area contributed by atoms with E-state index in [9.17, 15) is 13.6 Å². The average Bonchev–Trinajstić information content (AvgIpc) is 2.58. The number of piperidine rings is 1. The molecule has 1 saturated heterocycles. The molecule has 0 unspecified atom stereocenters. The van der Waals surface area contributed by atoms with E-state index in [2.05, 4.69) is 9.97 Å². The molecule has 134 valence electrons. The van der Waals surface area contributed by atoms with Gasteiger partial charge in [-0.05, 0) is 38.1 Å². The number of aromatic amines is 1. The third-order valence-corrected chi connectivity index (χ3v) is 4.62. The van der Waals surface area contributed by atoms with Crippen LogP contribution in [0.1, 0.15) is 30.0 Å². The Morgan fingerprint density at radius 3 is 2.48 bits per heavy atom. The Hall–Kier alpha value is -2.28. The van der Waals surface area contributed by atoms with Gasteiger partial charge in [-0.2, -0.15) is 0 Å². The smallest absolute Gasteiger partial charge is 0.252 e. The molecule has 1 aromatic carbocycles. The van der Waals surface area contributed by atoms with Gasteiger partial charge in [-0.3, -0.25) is 14.7 Å². The van der Waals surface area contributed by atoms with Gasteiger partial charge in [0.2, 0.25) is 5.95 Å². The van der Waals surface area contributed by atoms with Crippen LogP contribution in [0.2, 0.25) is 0 Å². The number of hydrogen-bond acceptors (Lipinski definition) is 4. The molecule has 0 radical (unpaired) electrons. The van der Waals surface area contributed by atoms with Gasteiger partial charge in [-0.1, -0.05) is 6.07 Å². The molecule has 0 amide bonds. The zero-order valence-electron chi connectivity index (χ0n) is 14.4. The van der Waals surface area contributed by atoms with Crippen LogP contribution in [0.25, 0.3) is 0 Å². The van der Waals surface area contributed by atoms with Gasteiger partial charge >= 0.3 is 0 Å². The molecule has 0 bridgehead atoms. The predicted molar refractivity (Wildman–Crippen MR) is 92.8 cm³/mol. The number of H-pyrrole nitrogens is 1. The third-order valence-electron chi connectivity index (χ3n) is 4.62. The Labute approximate surface area is 145 Å². The van der Waals surface area contributed by atoms with Crippen molar-refractivity contribution >= 4 is 5.95 Å². The summed E-state index contributed by atoms with van der Waals surface area (Å²) >= 11 is 0. The SMILES string of the molecule is CN(C)c1nc(C2CCN(Cc3c(F)cccc3F)CC2)cc(=O)[nH]1. The highest BCUT2D eigenvalue weighted by Gasteiger charge is 2.24. The molecule has 0 saturated carbocycles. The van der Waals surface area contributed by atoms with E-state index >= 15 is 0 Å². The molecular formula is C18H22F2N4O. The van der Waals surface area contributed by atoms with Crippen LogP contribution in [0.15, 0.2) is 29.1 Å². The minimum Gasteiger partial charge on any atom is -0.348 e. The topological polar surface area (TPSA) is 52.2 Å². The summed E-state index contributed by atoms with van der Waals surface area (Å²) in [7, 11) is 3.65. The fraction of sp³-hybridized carbons (Fsp3) is 0.444. The van der Waals surface area contributed by atoms with Gasteiger partial charge in [-0.25, -0.2) is 13.8 Å². The van der Waals surface area contributed by atoms with Crippen molar-refractivity contribution in [1.29, 1.82) is 0 Å². The van der Waals surface area contributed by atoms with Gasteiger partial charge in [0.25, 0.3) is 5.56 Å². The Balaban J connectivity index is 1.67. The largest absolute Gasteiger partial charge is 0.348 e. The summed E-state index contributed by atoms with van der Waals surface area (Å²) in [4.78, 5) is 22.9. The van der Waals surface area contributed by atoms with Gasteiger partial charge in [-0.15, -0.1) is 0 Å². The van der Waals surface area contributed by atoms with Crippen LogP contribution >= 0.6 is 0 Å². The predicted octanol–water partition coefficient (Wildman–Crippen LogP) is 2.49. The van der Waals surface area contributed by atoms with Crippen LogP contribution in [0.3, 0.4) is 0 Å². The van der Waals surface area contributed by atoms with Crippen LogP contribution < -0.4 is 10.5 Å². The standard InChI is InChI=1S/C18H22F2N4O/c1-23(2)18-21-16(10-17(25)22-18)12-6-8-24(9-7-12)11-13-14(19)4-3-5-15(13)20/h3-5,10,12H,6-9,11H2,1-2H3,(H,21,22,25). The van der Waals surface area contributed by atoms with E-state index in [0.29, 0.717) is 19.0 Å². The lowest BCUT2D eigenvalue weighted by Crippen LogP contribution is -2.33. The first-order chi connectivity index (χ1) is 11.9. The molecule has 1 aliphatic rings. The summed E-state index contributed by atoms with van der Waals surface area (Å²) in [5.74, 6) is -0.288. The van der Waals surface area contributed by atoms with E-state index in [4.69, 9.17) is 0 Å². The van der Waals surface area contributed by atoms with Crippen molar-refractivity contribution in [2.24, 2.45) is 0 Å². The number of nitrogens with one attached hydrogen (secondary N) is 1. The van der Waals surface area contributed by atoms with Crippen molar-refractivity contribution in [3.63, 3.8) is 0 Å². The average molecular weight is 348 g/mol. The maximum Gasteiger partial charge on any atom is 0.252 e. The quantitative estimate of drug-likeness (QED) is 0.922. The molecule has 2 aromatic rings. The Kier molecular flexibility index (Phi) is 5.13. The molecule has 1 N–H and O–H groups in total. The summed E-state index contributed by atoms with van der Waals surface area (Å²) in [6, 6.07) is 5.49. The molecule has 7 heteroatoms. The number of aromatic nitrogens is 2. The van der Waals surface area contributed by atoms with E-state index in [1.54, 1.807) is 11.0 Å². The number of nitrogens with zero attached hydrogens (tertiary/aromatic N) is 3. The van der Waals surface area contributed by atoms with Crippen LogP contribution in [-0.4, -0.2) is 42.1 Å². The van der Waals surface area contributed by atoms with Gasteiger partial charge < -0.3 is 4.90 Å². The van der Waals surface area contributed by atoms with Crippen molar-refractivity contribution < 1.29 is 8.78 Å². The van der Waals surface area contributed by atoms with E-state index in [1.165, 1.54) is 18.2 Å². The van der Waals surface area contributed by atoms with Crippen LogP contribution in [0, 0.1) is 11.6 Å². The lowest BCUT2D eigenvalue weighted by molar-refractivity contribution is 0.198. The van der Waals surface area contributed by atoms with Crippen molar-refractivity contribution in [2.75, 3.05) is 32.1 Å². The van der Waals surface area contributed by atoms with Crippen LogP contribution in [-0.2, 0) is 6.54 Å². The molecule has 1 aromatic heterocycles. The first-order valence-electron chi connectivity index (χ1n) is 8.38. The van der Waals surface area contributed by atoms with Crippen LogP contribution in [0.4, 0.5) is 14.7 Å². The number of benzene rings is 1. The maximum atomic E-state index is 13.8. The first-order valence-corrected chi connectivity index (χ1v) is 8.38. The number of halogens is 2. The maximum absolute atomic E-state index is 13.8.